The van der Waals surface area contributed by atoms with Crippen LogP contribution in [-0.4, -0.2) is 71.8 Å². The molecule has 2 aliphatic rings. The molecule has 6 nitrogen and oxygen atoms in total. The van der Waals surface area contributed by atoms with Gasteiger partial charge in [0.2, 0.25) is 11.2 Å². The molecular formula is C19H28F3N3O3. The molecule has 28 heavy (non-hydrogen) atoms. The maximum Gasteiger partial charge on any atom is 0.401 e. The standard InChI is InChI=1S/C19H28F3N3O3/c20-19(21,22)14-25-9-7-24(8-10-25)13-17-18(27)16(26)11-15(28-17)12-23-5-3-1-2-4-6-23/h11,27H,1-10,12-14H2. The maximum atomic E-state index is 12.5. The Kier molecular flexibility index (Phi) is 7.00. The molecule has 2 aliphatic heterocycles. The fourth-order valence-electron chi connectivity index (χ4n) is 3.85. The van der Waals surface area contributed by atoms with Crippen molar-refractivity contribution in [2.24, 2.45) is 0 Å². The number of hydrogen-bond acceptors (Lipinski definition) is 6. The summed E-state index contributed by atoms with van der Waals surface area (Å²) >= 11 is 0. The summed E-state index contributed by atoms with van der Waals surface area (Å²) in [5.41, 5.74) is -0.471. The molecule has 0 aliphatic carbocycles. The zero-order chi connectivity index (χ0) is 20.1. The first-order chi connectivity index (χ1) is 13.3. The van der Waals surface area contributed by atoms with Crippen LogP contribution in [0.5, 0.6) is 5.75 Å². The van der Waals surface area contributed by atoms with Gasteiger partial charge < -0.3 is 9.52 Å². The van der Waals surface area contributed by atoms with E-state index in [1.54, 1.807) is 0 Å². The lowest BCUT2D eigenvalue weighted by Gasteiger charge is -2.34. The van der Waals surface area contributed by atoms with E-state index in [1.165, 1.54) is 23.8 Å². The lowest BCUT2D eigenvalue weighted by Crippen LogP contribution is -2.48. The van der Waals surface area contributed by atoms with Gasteiger partial charge in [0.05, 0.1) is 19.6 Å². The quantitative estimate of drug-likeness (QED) is 0.815. The van der Waals surface area contributed by atoms with Gasteiger partial charge in [-0.25, -0.2) is 0 Å². The van der Waals surface area contributed by atoms with Gasteiger partial charge in [-0.1, -0.05) is 12.8 Å². The Hall–Kier alpha value is -1.58. The van der Waals surface area contributed by atoms with E-state index in [1.807, 2.05) is 4.90 Å². The van der Waals surface area contributed by atoms with E-state index in [2.05, 4.69) is 4.90 Å². The monoisotopic (exact) mass is 403 g/mol. The minimum atomic E-state index is -4.20. The van der Waals surface area contributed by atoms with Crippen molar-refractivity contribution >= 4 is 0 Å². The van der Waals surface area contributed by atoms with Gasteiger partial charge in [-0.05, 0) is 25.9 Å². The molecule has 0 bridgehead atoms. The molecular weight excluding hydrogens is 375 g/mol. The summed E-state index contributed by atoms with van der Waals surface area (Å²) in [7, 11) is 0. The summed E-state index contributed by atoms with van der Waals surface area (Å²) in [5, 5.41) is 10.1. The zero-order valence-electron chi connectivity index (χ0n) is 16.0. The number of hydrogen-bond donors (Lipinski definition) is 1. The van der Waals surface area contributed by atoms with Crippen LogP contribution < -0.4 is 5.43 Å². The van der Waals surface area contributed by atoms with E-state index in [0.29, 0.717) is 25.4 Å². The van der Waals surface area contributed by atoms with Crippen LogP contribution in [0.2, 0.25) is 0 Å². The minimum absolute atomic E-state index is 0.196. The van der Waals surface area contributed by atoms with Crippen molar-refractivity contribution in [3.8, 4) is 5.75 Å². The predicted octanol–water partition coefficient (Wildman–Crippen LogP) is 2.40. The third-order valence-corrected chi connectivity index (χ3v) is 5.36. The highest BCUT2D eigenvalue weighted by molar-refractivity contribution is 5.25. The average molecular weight is 403 g/mol. The Balaban J connectivity index is 1.60. The molecule has 9 heteroatoms. The second-order valence-electron chi connectivity index (χ2n) is 7.71. The Morgan fingerprint density at radius 1 is 0.893 bits per heavy atom. The molecule has 0 spiro atoms. The molecule has 2 fully saturated rings. The van der Waals surface area contributed by atoms with E-state index in [0.717, 1.165) is 25.9 Å². The van der Waals surface area contributed by atoms with Crippen LogP contribution >= 0.6 is 0 Å². The number of rotatable bonds is 5. The highest BCUT2D eigenvalue weighted by Gasteiger charge is 2.32. The Morgan fingerprint density at radius 3 is 2.07 bits per heavy atom. The average Bonchev–Trinajstić information content (AvgIpc) is 2.88. The van der Waals surface area contributed by atoms with E-state index in [-0.39, 0.29) is 25.4 Å². The second-order valence-corrected chi connectivity index (χ2v) is 7.71. The number of halogens is 3. The summed E-state index contributed by atoms with van der Waals surface area (Å²) in [6, 6.07) is 1.34. The van der Waals surface area contributed by atoms with Gasteiger partial charge in [-0.3, -0.25) is 19.5 Å². The maximum absolute atomic E-state index is 12.5. The SMILES string of the molecule is O=c1cc(CN2CCCCCC2)oc(CN2CCN(CC(F)(F)F)CC2)c1O. The number of alkyl halides is 3. The molecule has 0 radical (unpaired) electrons. The van der Waals surface area contributed by atoms with E-state index in [9.17, 15) is 23.1 Å². The molecule has 0 amide bonds. The van der Waals surface area contributed by atoms with Crippen molar-refractivity contribution in [2.75, 3.05) is 45.8 Å². The lowest BCUT2D eigenvalue weighted by molar-refractivity contribution is -0.149. The van der Waals surface area contributed by atoms with Crippen LogP contribution in [0.4, 0.5) is 13.2 Å². The minimum Gasteiger partial charge on any atom is -0.502 e. The van der Waals surface area contributed by atoms with Gasteiger partial charge in [0.15, 0.2) is 5.76 Å². The van der Waals surface area contributed by atoms with Crippen molar-refractivity contribution in [3.05, 3.63) is 27.8 Å². The third kappa shape index (κ3) is 6.22. The summed E-state index contributed by atoms with van der Waals surface area (Å²) in [6.45, 7) is 3.19. The van der Waals surface area contributed by atoms with Crippen molar-refractivity contribution in [1.82, 2.24) is 14.7 Å². The molecule has 1 aromatic heterocycles. The molecule has 0 atom stereocenters. The topological polar surface area (TPSA) is 60.2 Å². The third-order valence-electron chi connectivity index (χ3n) is 5.36. The van der Waals surface area contributed by atoms with Crippen molar-refractivity contribution in [3.63, 3.8) is 0 Å². The van der Waals surface area contributed by atoms with Gasteiger partial charge in [0.25, 0.3) is 0 Å². The van der Waals surface area contributed by atoms with Crippen LogP contribution in [-0.2, 0) is 13.1 Å². The predicted molar refractivity (Wildman–Crippen MR) is 98.2 cm³/mol. The van der Waals surface area contributed by atoms with Crippen LogP contribution in [0.25, 0.3) is 0 Å². The van der Waals surface area contributed by atoms with E-state index < -0.39 is 23.9 Å². The Morgan fingerprint density at radius 2 is 1.46 bits per heavy atom. The molecule has 158 valence electrons. The summed E-state index contributed by atoms with van der Waals surface area (Å²) in [6.07, 6.45) is 0.465. The number of nitrogens with zero attached hydrogens (tertiary/aromatic N) is 3. The first-order valence-corrected chi connectivity index (χ1v) is 9.89. The van der Waals surface area contributed by atoms with Gasteiger partial charge in [0.1, 0.15) is 5.76 Å². The first-order valence-electron chi connectivity index (χ1n) is 9.89. The van der Waals surface area contributed by atoms with Crippen LogP contribution in [0, 0.1) is 0 Å². The van der Waals surface area contributed by atoms with Crippen molar-refractivity contribution < 1.29 is 22.7 Å². The summed E-state index contributed by atoms with van der Waals surface area (Å²) < 4.78 is 43.3. The molecule has 2 saturated heterocycles. The number of piperazine rings is 1. The van der Waals surface area contributed by atoms with E-state index in [4.69, 9.17) is 4.42 Å². The fraction of sp³-hybridized carbons (Fsp3) is 0.737. The second kappa shape index (κ2) is 9.28. The molecule has 1 N–H and O–H groups in total. The Labute approximate surface area is 162 Å². The fourth-order valence-corrected chi connectivity index (χ4v) is 3.85. The van der Waals surface area contributed by atoms with Crippen molar-refractivity contribution in [2.45, 2.75) is 44.9 Å². The van der Waals surface area contributed by atoms with Gasteiger partial charge in [-0.2, -0.15) is 13.2 Å². The van der Waals surface area contributed by atoms with E-state index >= 15 is 0 Å². The summed E-state index contributed by atoms with van der Waals surface area (Å²) in [4.78, 5) is 17.7. The number of likely N-dealkylation sites (tertiary alicyclic amines) is 1. The molecule has 0 saturated carbocycles. The largest absolute Gasteiger partial charge is 0.502 e. The molecule has 0 unspecified atom stereocenters. The summed E-state index contributed by atoms with van der Waals surface area (Å²) in [5.74, 6) is 0.314. The molecule has 3 heterocycles. The lowest BCUT2D eigenvalue weighted by atomic mass is 10.2. The molecule has 0 aromatic carbocycles. The smallest absolute Gasteiger partial charge is 0.401 e. The highest BCUT2D eigenvalue weighted by atomic mass is 19.4. The number of aromatic hydroxyl groups is 1. The van der Waals surface area contributed by atoms with Crippen LogP contribution in [0.3, 0.4) is 0 Å². The van der Waals surface area contributed by atoms with Gasteiger partial charge >= 0.3 is 6.18 Å². The van der Waals surface area contributed by atoms with Gasteiger partial charge in [-0.15, -0.1) is 0 Å². The molecule has 3 rings (SSSR count). The normalized spacial score (nSPS) is 21.0. The van der Waals surface area contributed by atoms with Crippen LogP contribution in [0.15, 0.2) is 15.3 Å². The van der Waals surface area contributed by atoms with Crippen molar-refractivity contribution in [1.29, 1.82) is 0 Å². The zero-order valence-corrected chi connectivity index (χ0v) is 16.0. The van der Waals surface area contributed by atoms with Crippen LogP contribution in [0.1, 0.15) is 37.2 Å². The first kappa shape index (κ1) is 21.1. The Bertz CT molecular complexity index is 692. The molecule has 1 aromatic rings. The highest BCUT2D eigenvalue weighted by Crippen LogP contribution is 2.21. The van der Waals surface area contributed by atoms with Gasteiger partial charge in [0, 0.05) is 32.2 Å².